The molecular weight excluding hydrogens is 813 g/mol. The van der Waals surface area contributed by atoms with E-state index in [1.165, 1.54) is 12.6 Å². The largest absolute Gasteiger partial charge is 0.507 e. The summed E-state index contributed by atoms with van der Waals surface area (Å²) in [6, 6.07) is 24.9. The number of phenols is 1. The average Bonchev–Trinajstić information content (AvgIpc) is 4.11. The van der Waals surface area contributed by atoms with Crippen LogP contribution in [0.1, 0.15) is 73.9 Å². The van der Waals surface area contributed by atoms with Gasteiger partial charge in [-0.2, -0.15) is 0 Å². The molecule has 2 fully saturated rings. The molecule has 14 nitrogen and oxygen atoms in total. The summed E-state index contributed by atoms with van der Waals surface area (Å²) in [4.78, 5) is 46.5. The first kappa shape index (κ1) is 43.1. The molecule has 63 heavy (non-hydrogen) atoms. The summed E-state index contributed by atoms with van der Waals surface area (Å²) in [6.45, 7) is 8.47. The standard InChI is InChI=1S/C47H47N9O4S.CH5N/c1-28(2)43(46(59)56-18-6-8-40(56)45(58)48-24-30-10-12-32(13-11-30)44-29(3)51-27-61-44)42-23-38(54-60-42)35-25-49-47(50-26-35)55-19-16-31(17-20-55)33-14-15-34-22-39(53-52-37(34)21-33)36-7-4-5-9-41(36)57;1-2/h4-5,7,9-15,21-23,25-28,31,40,43,57H,6,8,16-20,24H2,1-3H3,(H,48,58);2H2,1H3. The van der Waals surface area contributed by atoms with Crippen molar-refractivity contribution in [2.45, 2.75) is 70.9 Å². The van der Waals surface area contributed by atoms with Crippen LogP contribution in [0.5, 0.6) is 5.75 Å². The van der Waals surface area contributed by atoms with E-state index < -0.39 is 12.0 Å². The van der Waals surface area contributed by atoms with Gasteiger partial charge in [-0.25, -0.2) is 15.0 Å². The Kier molecular flexibility index (Phi) is 13.1. The van der Waals surface area contributed by atoms with Gasteiger partial charge in [0.15, 0.2) is 0 Å². The van der Waals surface area contributed by atoms with Crippen LogP contribution in [0.4, 0.5) is 5.95 Å². The van der Waals surface area contributed by atoms with Crippen LogP contribution in [-0.4, -0.2) is 84.9 Å². The van der Waals surface area contributed by atoms with Crippen molar-refractivity contribution in [3.8, 4) is 38.7 Å². The molecule has 15 heteroatoms. The first-order valence-corrected chi connectivity index (χ1v) is 22.3. The number of rotatable bonds is 11. The highest BCUT2D eigenvalue weighted by Crippen LogP contribution is 2.35. The number of anilines is 1. The van der Waals surface area contributed by atoms with Crippen LogP contribution in [0.3, 0.4) is 0 Å². The summed E-state index contributed by atoms with van der Waals surface area (Å²) in [5.41, 5.74) is 14.1. The van der Waals surface area contributed by atoms with E-state index >= 15 is 0 Å². The second kappa shape index (κ2) is 19.2. The number of hydrogen-bond donors (Lipinski definition) is 3. The average molecular weight is 865 g/mol. The van der Waals surface area contributed by atoms with Gasteiger partial charge in [-0.1, -0.05) is 67.5 Å². The van der Waals surface area contributed by atoms with Crippen molar-refractivity contribution in [2.75, 3.05) is 31.6 Å². The lowest BCUT2D eigenvalue weighted by Crippen LogP contribution is -2.47. The maximum Gasteiger partial charge on any atom is 0.243 e. The van der Waals surface area contributed by atoms with Crippen LogP contribution < -0.4 is 16.0 Å². The number of fused-ring (bicyclic) bond motifs is 1. The third-order valence-electron chi connectivity index (χ3n) is 12.0. The molecule has 0 bridgehead atoms. The zero-order valence-electron chi connectivity index (χ0n) is 35.9. The van der Waals surface area contributed by atoms with Crippen LogP contribution in [0.2, 0.25) is 0 Å². The fraction of sp³-hybridized carbons (Fsp3) is 0.333. The molecular formula is C48H52N10O4S. The Hall–Kier alpha value is -6.58. The van der Waals surface area contributed by atoms with Gasteiger partial charge in [-0.3, -0.25) is 9.59 Å². The number of phenolic OH excluding ortho intramolecular Hbond substituents is 1. The number of aryl methyl sites for hydroxylation is 1. The molecule has 2 amide bonds. The van der Waals surface area contributed by atoms with Gasteiger partial charge in [0.25, 0.3) is 0 Å². The quantitative estimate of drug-likeness (QED) is 0.114. The van der Waals surface area contributed by atoms with Crippen molar-refractivity contribution in [3.05, 3.63) is 119 Å². The maximum atomic E-state index is 14.2. The number of benzene rings is 3. The van der Waals surface area contributed by atoms with E-state index in [9.17, 15) is 14.7 Å². The molecule has 0 aliphatic carbocycles. The normalized spacial score (nSPS) is 15.9. The van der Waals surface area contributed by atoms with E-state index in [2.05, 4.69) is 66.6 Å². The van der Waals surface area contributed by atoms with Gasteiger partial charge in [0.1, 0.15) is 29.2 Å². The van der Waals surface area contributed by atoms with Crippen molar-refractivity contribution in [3.63, 3.8) is 0 Å². The Morgan fingerprint density at radius 3 is 2.37 bits per heavy atom. The smallest absolute Gasteiger partial charge is 0.243 e. The minimum atomic E-state index is -0.602. The topological polar surface area (TPSA) is 189 Å². The first-order chi connectivity index (χ1) is 30.7. The molecule has 0 spiro atoms. The Morgan fingerprint density at radius 1 is 0.889 bits per heavy atom. The highest BCUT2D eigenvalue weighted by atomic mass is 32.1. The van der Waals surface area contributed by atoms with Gasteiger partial charge >= 0.3 is 0 Å². The van der Waals surface area contributed by atoms with Gasteiger partial charge in [0.05, 0.1) is 27.3 Å². The highest BCUT2D eigenvalue weighted by Gasteiger charge is 2.40. The summed E-state index contributed by atoms with van der Waals surface area (Å²) in [5, 5.41) is 27.5. The number of carbonyl (C=O) groups excluding carboxylic acids is 2. The summed E-state index contributed by atoms with van der Waals surface area (Å²) < 4.78 is 5.84. The molecule has 3 aromatic carbocycles. The number of nitrogens with one attached hydrogen (secondary N) is 1. The lowest BCUT2D eigenvalue weighted by atomic mass is 9.89. The fourth-order valence-corrected chi connectivity index (χ4v) is 9.42. The third kappa shape index (κ3) is 9.30. The van der Waals surface area contributed by atoms with Crippen LogP contribution >= 0.6 is 11.3 Å². The zero-order valence-corrected chi connectivity index (χ0v) is 36.8. The fourth-order valence-electron chi connectivity index (χ4n) is 8.61. The number of piperidine rings is 1. The van der Waals surface area contributed by atoms with Crippen LogP contribution in [0.15, 0.2) is 101 Å². The van der Waals surface area contributed by atoms with Gasteiger partial charge < -0.3 is 30.5 Å². The van der Waals surface area contributed by atoms with Gasteiger partial charge in [-0.15, -0.1) is 21.5 Å². The number of aromatic hydroxyl groups is 1. The van der Waals surface area contributed by atoms with Gasteiger partial charge in [-0.05, 0) is 92.4 Å². The number of carbonyl (C=O) groups is 2. The van der Waals surface area contributed by atoms with E-state index in [1.807, 2.05) is 56.6 Å². The summed E-state index contributed by atoms with van der Waals surface area (Å²) in [6.07, 6.45) is 6.75. The van der Waals surface area contributed by atoms with Crippen molar-refractivity contribution < 1.29 is 19.2 Å². The Labute approximate surface area is 370 Å². The number of para-hydroxylation sites is 1. The number of aromatic nitrogens is 6. The lowest BCUT2D eigenvalue weighted by molar-refractivity contribution is -0.140. The molecule has 9 rings (SSSR count). The number of amides is 2. The lowest BCUT2D eigenvalue weighted by Gasteiger charge is -2.32. The van der Waals surface area contributed by atoms with E-state index in [0.717, 1.165) is 65.0 Å². The molecule has 2 saturated heterocycles. The Bertz CT molecular complexity index is 2670. The number of thiazole rings is 1. The molecule has 2 atom stereocenters. The van der Waals surface area contributed by atoms with Crippen molar-refractivity contribution >= 4 is 40.0 Å². The predicted molar refractivity (Wildman–Crippen MR) is 245 cm³/mol. The Balaban J connectivity index is 0.00000268. The molecule has 0 radical (unpaired) electrons. The molecule has 0 saturated carbocycles. The molecule has 7 aromatic rings. The van der Waals surface area contributed by atoms with E-state index in [1.54, 1.807) is 46.8 Å². The van der Waals surface area contributed by atoms with E-state index in [4.69, 9.17) is 14.5 Å². The monoisotopic (exact) mass is 864 g/mol. The number of hydrogen-bond acceptors (Lipinski definition) is 13. The second-order valence-corrected chi connectivity index (χ2v) is 17.2. The number of likely N-dealkylation sites (tertiary alicyclic amines) is 1. The number of nitrogens with two attached hydrogens (primary N) is 1. The molecule has 2 aliphatic heterocycles. The highest BCUT2D eigenvalue weighted by molar-refractivity contribution is 7.13. The summed E-state index contributed by atoms with van der Waals surface area (Å²) >= 11 is 1.61. The van der Waals surface area contributed by atoms with Gasteiger partial charge in [0, 0.05) is 61.2 Å². The zero-order chi connectivity index (χ0) is 44.0. The Morgan fingerprint density at radius 2 is 1.65 bits per heavy atom. The molecule has 2 aliphatic rings. The van der Waals surface area contributed by atoms with Crippen LogP contribution in [0.25, 0.3) is 43.9 Å². The minimum Gasteiger partial charge on any atom is -0.507 e. The third-order valence-corrected chi connectivity index (χ3v) is 13.0. The SMILES string of the molecule is CN.Cc1ncsc1-c1ccc(CNC(=O)C2CCCN2C(=O)C(c2cc(-c3cnc(N4CCC(c5ccc6cc(-c7ccccc7O)nnc6c5)CC4)nc3)no2)C(C)C)cc1. The minimum absolute atomic E-state index is 0.0923. The van der Waals surface area contributed by atoms with Gasteiger partial charge in [0.2, 0.25) is 17.8 Å². The molecule has 4 aromatic heterocycles. The molecule has 324 valence electrons. The molecule has 6 heterocycles. The molecule has 4 N–H and O–H groups in total. The molecule has 2 unspecified atom stereocenters. The van der Waals surface area contributed by atoms with E-state index in [-0.39, 0.29) is 23.5 Å². The maximum absolute atomic E-state index is 14.2. The van der Waals surface area contributed by atoms with Crippen molar-refractivity contribution in [1.82, 2.24) is 40.5 Å². The first-order valence-electron chi connectivity index (χ1n) is 21.4. The van der Waals surface area contributed by atoms with Crippen molar-refractivity contribution in [2.24, 2.45) is 11.7 Å². The second-order valence-electron chi connectivity index (χ2n) is 16.3. The van der Waals surface area contributed by atoms with E-state index in [0.29, 0.717) is 59.7 Å². The van der Waals surface area contributed by atoms with Crippen LogP contribution in [-0.2, 0) is 16.1 Å². The summed E-state index contributed by atoms with van der Waals surface area (Å²) in [7, 11) is 1.50. The van der Waals surface area contributed by atoms with Crippen molar-refractivity contribution in [1.29, 1.82) is 0 Å². The summed E-state index contributed by atoms with van der Waals surface area (Å²) in [5.74, 6) is 0.687. The number of nitrogens with zero attached hydrogens (tertiary/aromatic N) is 8. The van der Waals surface area contributed by atoms with Crippen LogP contribution in [0, 0.1) is 12.8 Å². The predicted octanol–water partition coefficient (Wildman–Crippen LogP) is 7.89.